The van der Waals surface area contributed by atoms with Crippen LogP contribution in [0, 0.1) is 27.7 Å². The van der Waals surface area contributed by atoms with Gasteiger partial charge < -0.3 is 5.11 Å². The third-order valence-corrected chi connectivity index (χ3v) is 4.37. The number of nitrogens with zero attached hydrogens (tertiary/aromatic N) is 2. The molecule has 0 unspecified atom stereocenters. The van der Waals surface area contributed by atoms with Gasteiger partial charge in [0.25, 0.3) is 0 Å². The van der Waals surface area contributed by atoms with Crippen molar-refractivity contribution in [3.8, 4) is 11.4 Å². The summed E-state index contributed by atoms with van der Waals surface area (Å²) in [4.78, 5) is 12.1. The molecular weight excluding hydrogens is 300 g/mol. The molecule has 1 N–H and O–H groups in total. The smallest absolute Gasteiger partial charge is 0.420 e. The van der Waals surface area contributed by atoms with Crippen LogP contribution in [0.1, 0.15) is 32.9 Å². The fourth-order valence-corrected chi connectivity index (χ4v) is 3.33. The maximum absolute atomic E-state index is 12.1. The summed E-state index contributed by atoms with van der Waals surface area (Å²) in [5.74, 6) is -0.727. The Morgan fingerprint density at radius 3 is 1.92 bits per heavy atom. The van der Waals surface area contributed by atoms with E-state index in [1.165, 1.54) is 0 Å². The molecule has 3 aromatic rings. The molecule has 0 fully saturated rings. The number of aromatic carboxylic acids is 1. The molecule has 0 saturated heterocycles. The third kappa shape index (κ3) is 2.50. The first-order valence-corrected chi connectivity index (χ1v) is 7.91. The minimum absolute atomic E-state index is 0.227. The van der Waals surface area contributed by atoms with E-state index in [0.29, 0.717) is 0 Å². The molecular formula is C20H21N2O2+. The summed E-state index contributed by atoms with van der Waals surface area (Å²) in [6.07, 6.45) is 3.65. The molecule has 4 nitrogen and oxygen atoms in total. The SMILES string of the molecule is Cc1cccc(C)c1-n1cc[n+](-c2c(C)cccc2C)c1C(=O)O. The topological polar surface area (TPSA) is 46.1 Å². The van der Waals surface area contributed by atoms with Crippen molar-refractivity contribution in [1.82, 2.24) is 4.57 Å². The van der Waals surface area contributed by atoms with E-state index in [9.17, 15) is 9.90 Å². The van der Waals surface area contributed by atoms with Crippen LogP contribution in [0.4, 0.5) is 0 Å². The number of hydrogen-bond acceptors (Lipinski definition) is 1. The number of carbonyl (C=O) groups is 1. The minimum Gasteiger partial charge on any atom is -0.472 e. The highest BCUT2D eigenvalue weighted by molar-refractivity contribution is 5.83. The standard InChI is InChI=1S/C20H20N2O2/c1-13-7-5-8-14(2)17(13)21-11-12-22(19(21)20(23)24)18-15(3)9-6-10-16(18)4/h5-12H,1-4H3/p+1. The largest absolute Gasteiger partial charge is 0.472 e. The molecule has 4 heteroatoms. The zero-order valence-electron chi connectivity index (χ0n) is 14.4. The fourth-order valence-electron chi connectivity index (χ4n) is 3.33. The molecule has 0 radical (unpaired) electrons. The van der Waals surface area contributed by atoms with Gasteiger partial charge in [0.05, 0.1) is 0 Å². The molecule has 0 aliphatic carbocycles. The Kier molecular flexibility index (Phi) is 3.97. The summed E-state index contributed by atoms with van der Waals surface area (Å²) < 4.78 is 3.53. The van der Waals surface area contributed by atoms with Crippen LogP contribution < -0.4 is 4.57 Å². The van der Waals surface area contributed by atoms with Crippen LogP contribution >= 0.6 is 0 Å². The number of imidazole rings is 1. The molecule has 0 bridgehead atoms. The molecule has 0 spiro atoms. The normalized spacial score (nSPS) is 10.8. The van der Waals surface area contributed by atoms with Crippen molar-refractivity contribution in [1.29, 1.82) is 0 Å². The Labute approximate surface area is 141 Å². The van der Waals surface area contributed by atoms with E-state index in [-0.39, 0.29) is 5.82 Å². The third-order valence-electron chi connectivity index (χ3n) is 4.37. The number of carboxylic acid groups (broad SMARTS) is 1. The van der Waals surface area contributed by atoms with Crippen molar-refractivity contribution in [3.63, 3.8) is 0 Å². The van der Waals surface area contributed by atoms with E-state index < -0.39 is 5.97 Å². The van der Waals surface area contributed by atoms with Gasteiger partial charge in [-0.3, -0.25) is 0 Å². The molecule has 2 aromatic carbocycles. The first kappa shape index (κ1) is 16.0. The van der Waals surface area contributed by atoms with Crippen LogP contribution in [0.25, 0.3) is 11.4 Å². The van der Waals surface area contributed by atoms with Crippen LogP contribution in [0.15, 0.2) is 48.8 Å². The summed E-state index contributed by atoms with van der Waals surface area (Å²) in [5.41, 5.74) is 6.01. The second kappa shape index (κ2) is 5.96. The van der Waals surface area contributed by atoms with Crippen molar-refractivity contribution in [3.05, 3.63) is 76.9 Å². The zero-order valence-corrected chi connectivity index (χ0v) is 14.4. The van der Waals surface area contributed by atoms with E-state index >= 15 is 0 Å². The lowest BCUT2D eigenvalue weighted by molar-refractivity contribution is -0.598. The van der Waals surface area contributed by atoms with Gasteiger partial charge in [-0.15, -0.1) is 0 Å². The summed E-state index contributed by atoms with van der Waals surface area (Å²) >= 11 is 0. The predicted octanol–water partition coefficient (Wildman–Crippen LogP) is 3.69. The van der Waals surface area contributed by atoms with E-state index in [2.05, 4.69) is 0 Å². The van der Waals surface area contributed by atoms with Crippen LogP contribution in [0.2, 0.25) is 0 Å². The van der Waals surface area contributed by atoms with Gasteiger partial charge in [0.15, 0.2) is 0 Å². The molecule has 0 aliphatic heterocycles. The number of benzene rings is 2. The van der Waals surface area contributed by atoms with Crippen LogP contribution in [-0.4, -0.2) is 15.6 Å². The van der Waals surface area contributed by atoms with Crippen molar-refractivity contribution in [2.24, 2.45) is 0 Å². The lowest BCUT2D eigenvalue weighted by atomic mass is 10.1. The predicted molar refractivity (Wildman–Crippen MR) is 93.2 cm³/mol. The Morgan fingerprint density at radius 1 is 0.917 bits per heavy atom. The van der Waals surface area contributed by atoms with Crippen molar-refractivity contribution < 1.29 is 14.5 Å². The maximum Gasteiger partial charge on any atom is 0.420 e. The molecule has 0 aliphatic rings. The van der Waals surface area contributed by atoms with Gasteiger partial charge in [-0.1, -0.05) is 36.4 Å². The van der Waals surface area contributed by atoms with Gasteiger partial charge in [-0.2, -0.15) is 9.13 Å². The number of hydrogen-bond donors (Lipinski definition) is 1. The van der Waals surface area contributed by atoms with Gasteiger partial charge in [0.1, 0.15) is 23.8 Å². The molecule has 1 aromatic heterocycles. The van der Waals surface area contributed by atoms with Crippen molar-refractivity contribution >= 4 is 5.97 Å². The Hall–Kier alpha value is -2.88. The second-order valence-electron chi connectivity index (χ2n) is 6.15. The van der Waals surface area contributed by atoms with Crippen LogP contribution in [0.5, 0.6) is 0 Å². The number of carboxylic acids is 1. The molecule has 3 rings (SSSR count). The minimum atomic E-state index is -0.953. The van der Waals surface area contributed by atoms with Gasteiger partial charge >= 0.3 is 11.8 Å². The molecule has 0 saturated carbocycles. The maximum atomic E-state index is 12.1. The van der Waals surface area contributed by atoms with Gasteiger partial charge in [-0.25, -0.2) is 4.79 Å². The first-order valence-electron chi connectivity index (χ1n) is 7.91. The van der Waals surface area contributed by atoms with Gasteiger partial charge in [0.2, 0.25) is 0 Å². The molecule has 24 heavy (non-hydrogen) atoms. The molecule has 1 heterocycles. The molecule has 0 atom stereocenters. The van der Waals surface area contributed by atoms with E-state index in [4.69, 9.17) is 0 Å². The number of aromatic nitrogens is 2. The second-order valence-corrected chi connectivity index (χ2v) is 6.15. The Balaban J connectivity index is 2.34. The summed E-state index contributed by atoms with van der Waals surface area (Å²) in [6, 6.07) is 12.0. The van der Waals surface area contributed by atoms with E-state index in [0.717, 1.165) is 33.6 Å². The molecule has 122 valence electrons. The summed E-state index contributed by atoms with van der Waals surface area (Å²) in [6.45, 7) is 7.99. The first-order chi connectivity index (χ1) is 11.4. The highest BCUT2D eigenvalue weighted by atomic mass is 16.4. The molecule has 0 amide bonds. The van der Waals surface area contributed by atoms with E-state index in [1.54, 1.807) is 9.13 Å². The van der Waals surface area contributed by atoms with E-state index in [1.807, 2.05) is 76.5 Å². The lowest BCUT2D eigenvalue weighted by Gasteiger charge is -2.09. The highest BCUT2D eigenvalue weighted by Gasteiger charge is 2.30. The number of aryl methyl sites for hydroxylation is 4. The average molecular weight is 321 g/mol. The average Bonchev–Trinajstić information content (AvgIpc) is 2.91. The quantitative estimate of drug-likeness (QED) is 0.748. The highest BCUT2D eigenvalue weighted by Crippen LogP contribution is 2.21. The van der Waals surface area contributed by atoms with Crippen molar-refractivity contribution in [2.45, 2.75) is 27.7 Å². The number of rotatable bonds is 3. The number of para-hydroxylation sites is 2. The monoisotopic (exact) mass is 321 g/mol. The van der Waals surface area contributed by atoms with Crippen LogP contribution in [0.3, 0.4) is 0 Å². The zero-order chi connectivity index (χ0) is 17.4. The summed E-state index contributed by atoms with van der Waals surface area (Å²) in [7, 11) is 0. The van der Waals surface area contributed by atoms with Gasteiger partial charge in [-0.05, 0) is 49.9 Å². The fraction of sp³-hybridized carbons (Fsp3) is 0.200. The Morgan fingerprint density at radius 2 is 1.42 bits per heavy atom. The lowest BCUT2D eigenvalue weighted by Crippen LogP contribution is -2.38. The van der Waals surface area contributed by atoms with Crippen molar-refractivity contribution in [2.75, 3.05) is 0 Å². The van der Waals surface area contributed by atoms with Gasteiger partial charge in [0, 0.05) is 0 Å². The van der Waals surface area contributed by atoms with Crippen LogP contribution in [-0.2, 0) is 0 Å². The summed E-state index contributed by atoms with van der Waals surface area (Å²) in [5, 5.41) is 9.88. The Bertz CT molecular complexity index is 829.